The molecule has 46 valence electrons. The topological polar surface area (TPSA) is 26.3 Å². The molecule has 0 N–H and O–H groups in total. The van der Waals surface area contributed by atoms with Crippen molar-refractivity contribution in [1.29, 1.82) is 0 Å². The smallest absolute Gasteiger partial charge is 0.147 e. The van der Waals surface area contributed by atoms with E-state index in [9.17, 15) is 4.57 Å². The quantitative estimate of drug-likeness (QED) is 0.475. The van der Waals surface area contributed by atoms with Crippen LogP contribution in [0.5, 0.6) is 0 Å². The molecule has 4 heteroatoms. The molecular weight excluding hydrogens is 159 g/mol. The van der Waals surface area contributed by atoms with E-state index < -0.39 is 8.03 Å². The predicted octanol–water partition coefficient (Wildman–Crippen LogP) is 1.78. The summed E-state index contributed by atoms with van der Waals surface area (Å²) in [6.45, 7) is 4.24. The van der Waals surface area contributed by atoms with Crippen molar-refractivity contribution in [2.24, 2.45) is 0 Å². The standard InChI is InChI=1S/C4H10O2P.Ti/c1-3-6-7(5)4-2;/h3-4H2,1-2H3;/q+1;. The van der Waals surface area contributed by atoms with E-state index in [1.165, 1.54) is 0 Å². The van der Waals surface area contributed by atoms with Gasteiger partial charge in [-0.05, 0) is 18.4 Å². The Morgan fingerprint density at radius 1 is 1.50 bits per heavy atom. The van der Waals surface area contributed by atoms with Gasteiger partial charge in [-0.25, -0.2) is 0 Å². The van der Waals surface area contributed by atoms with Gasteiger partial charge in [-0.2, -0.15) is 0 Å². The first kappa shape index (κ1) is 11.6. The monoisotopic (exact) mass is 169 g/mol. The fraction of sp³-hybridized carbons (Fsp3) is 1.00. The van der Waals surface area contributed by atoms with Crippen LogP contribution in [0.15, 0.2) is 0 Å². The van der Waals surface area contributed by atoms with E-state index in [4.69, 9.17) is 4.52 Å². The normalized spacial score (nSPS) is 10.0. The van der Waals surface area contributed by atoms with Gasteiger partial charge in [0.1, 0.15) is 0 Å². The average Bonchev–Trinajstić information content (AvgIpc) is 1.68. The Balaban J connectivity index is 0. The molecule has 0 aromatic carbocycles. The minimum atomic E-state index is -1.33. The predicted molar refractivity (Wildman–Crippen MR) is 29.8 cm³/mol. The van der Waals surface area contributed by atoms with E-state index in [0.29, 0.717) is 12.8 Å². The first-order valence-corrected chi connectivity index (χ1v) is 3.75. The summed E-state index contributed by atoms with van der Waals surface area (Å²) in [6.07, 6.45) is 0.628. The minimum absolute atomic E-state index is 0. The summed E-state index contributed by atoms with van der Waals surface area (Å²) in [6, 6.07) is 0. The molecule has 0 aromatic heterocycles. The van der Waals surface area contributed by atoms with Gasteiger partial charge in [0.05, 0.1) is 6.61 Å². The SMILES string of the molecule is CCO[P+](=O)CC.[Ti]. The first-order valence-electron chi connectivity index (χ1n) is 2.38. The van der Waals surface area contributed by atoms with Gasteiger partial charge in [-0.3, -0.25) is 0 Å². The first-order chi connectivity index (χ1) is 3.31. The van der Waals surface area contributed by atoms with Crippen molar-refractivity contribution < 1.29 is 30.8 Å². The summed E-state index contributed by atoms with van der Waals surface area (Å²) in [7, 11) is -1.33. The zero-order valence-corrected chi connectivity index (χ0v) is 7.63. The molecule has 2 nitrogen and oxygen atoms in total. The Hall–Kier alpha value is 0.774. The molecule has 0 aliphatic heterocycles. The van der Waals surface area contributed by atoms with E-state index in [1.54, 1.807) is 0 Å². The van der Waals surface area contributed by atoms with Crippen molar-refractivity contribution in [3.63, 3.8) is 0 Å². The van der Waals surface area contributed by atoms with Crippen LogP contribution in [0.2, 0.25) is 0 Å². The number of hydrogen-bond donors (Lipinski definition) is 0. The maximum atomic E-state index is 10.3. The molecule has 0 saturated carbocycles. The molecule has 0 aliphatic carbocycles. The molecule has 0 rings (SSSR count). The molecule has 0 bridgehead atoms. The largest absolute Gasteiger partial charge is 0.507 e. The molecule has 0 saturated heterocycles. The number of hydrogen-bond acceptors (Lipinski definition) is 2. The summed E-state index contributed by atoms with van der Waals surface area (Å²) in [5.41, 5.74) is 0. The molecule has 0 spiro atoms. The third kappa shape index (κ3) is 6.77. The Kier molecular flexibility index (Phi) is 11.2. The third-order valence-electron chi connectivity index (χ3n) is 0.531. The van der Waals surface area contributed by atoms with Gasteiger partial charge in [0.15, 0.2) is 6.16 Å². The van der Waals surface area contributed by atoms with Crippen LogP contribution in [0.4, 0.5) is 0 Å². The second-order valence-electron chi connectivity index (χ2n) is 1.07. The van der Waals surface area contributed by atoms with Gasteiger partial charge in [-0.1, -0.05) is 0 Å². The van der Waals surface area contributed by atoms with E-state index in [-0.39, 0.29) is 21.7 Å². The van der Waals surface area contributed by atoms with Crippen LogP contribution in [0, 0.1) is 0 Å². The molecule has 1 unspecified atom stereocenters. The maximum Gasteiger partial charge on any atom is 0.507 e. The van der Waals surface area contributed by atoms with Gasteiger partial charge in [0.25, 0.3) is 0 Å². The van der Waals surface area contributed by atoms with E-state index in [2.05, 4.69) is 0 Å². The molecule has 8 heavy (non-hydrogen) atoms. The summed E-state index contributed by atoms with van der Waals surface area (Å²) in [5, 5.41) is 0. The van der Waals surface area contributed by atoms with Crippen molar-refractivity contribution in [2.75, 3.05) is 12.8 Å². The van der Waals surface area contributed by atoms with Crippen molar-refractivity contribution in [3.8, 4) is 0 Å². The molecule has 0 aromatic rings. The van der Waals surface area contributed by atoms with Crippen LogP contribution >= 0.6 is 8.03 Å². The Bertz CT molecular complexity index is 67.1. The van der Waals surface area contributed by atoms with Crippen molar-refractivity contribution in [1.82, 2.24) is 0 Å². The number of rotatable bonds is 3. The van der Waals surface area contributed by atoms with Crippen LogP contribution in [0.1, 0.15) is 13.8 Å². The fourth-order valence-electron chi connectivity index (χ4n) is 0.235. The Labute approximate surface area is 65.7 Å². The average molecular weight is 169 g/mol. The molecule has 1 atom stereocenters. The second-order valence-corrected chi connectivity index (χ2v) is 2.62. The van der Waals surface area contributed by atoms with Crippen molar-refractivity contribution >= 4 is 8.03 Å². The fourth-order valence-corrected chi connectivity index (χ4v) is 0.706. The molecule has 0 fully saturated rings. The van der Waals surface area contributed by atoms with Crippen molar-refractivity contribution in [3.05, 3.63) is 0 Å². The zero-order chi connectivity index (χ0) is 5.70. The van der Waals surface area contributed by atoms with Crippen LogP contribution in [0.25, 0.3) is 0 Å². The van der Waals surface area contributed by atoms with E-state index in [1.807, 2.05) is 13.8 Å². The molecule has 0 aliphatic rings. The maximum absolute atomic E-state index is 10.3. The van der Waals surface area contributed by atoms with Gasteiger partial charge >= 0.3 is 8.03 Å². The Morgan fingerprint density at radius 2 is 2.00 bits per heavy atom. The minimum Gasteiger partial charge on any atom is -0.147 e. The third-order valence-corrected chi connectivity index (χ3v) is 1.59. The van der Waals surface area contributed by atoms with Crippen LogP contribution in [0.3, 0.4) is 0 Å². The molecule has 0 radical (unpaired) electrons. The van der Waals surface area contributed by atoms with Gasteiger partial charge < -0.3 is 0 Å². The van der Waals surface area contributed by atoms with Crippen LogP contribution in [-0.2, 0) is 30.8 Å². The van der Waals surface area contributed by atoms with Crippen molar-refractivity contribution in [2.45, 2.75) is 13.8 Å². The summed E-state index contributed by atoms with van der Waals surface area (Å²) >= 11 is 0. The summed E-state index contributed by atoms with van der Waals surface area (Å²) < 4.78 is 15.0. The zero-order valence-electron chi connectivity index (χ0n) is 5.18. The van der Waals surface area contributed by atoms with Gasteiger partial charge in [-0.15, -0.1) is 4.52 Å². The second kappa shape index (κ2) is 7.77. The summed E-state index contributed by atoms with van der Waals surface area (Å²) in [5.74, 6) is 0. The van der Waals surface area contributed by atoms with Crippen LogP contribution in [-0.4, -0.2) is 12.8 Å². The van der Waals surface area contributed by atoms with E-state index in [0.717, 1.165) is 0 Å². The summed E-state index contributed by atoms with van der Waals surface area (Å²) in [4.78, 5) is 0. The Morgan fingerprint density at radius 3 is 2.12 bits per heavy atom. The van der Waals surface area contributed by atoms with E-state index >= 15 is 0 Å². The molecule has 0 heterocycles. The van der Waals surface area contributed by atoms with Crippen LogP contribution < -0.4 is 0 Å². The molecule has 0 amide bonds. The van der Waals surface area contributed by atoms with Gasteiger partial charge in [0.2, 0.25) is 0 Å². The van der Waals surface area contributed by atoms with Gasteiger partial charge in [0, 0.05) is 21.7 Å². The molecular formula is C4H10O2PTi+.